The normalized spacial score (nSPS) is 15.1. The predicted octanol–water partition coefficient (Wildman–Crippen LogP) is 2.55. The summed E-state index contributed by atoms with van der Waals surface area (Å²) in [6.07, 6.45) is 3.10. The first-order valence-electron chi connectivity index (χ1n) is 9.57. The van der Waals surface area contributed by atoms with Gasteiger partial charge < -0.3 is 10.2 Å². The molecule has 8 nitrogen and oxygen atoms in total. The van der Waals surface area contributed by atoms with Crippen LogP contribution in [0.1, 0.15) is 5.56 Å². The summed E-state index contributed by atoms with van der Waals surface area (Å²) in [5, 5.41) is 3.10. The summed E-state index contributed by atoms with van der Waals surface area (Å²) < 4.78 is 53.5. The summed E-state index contributed by atoms with van der Waals surface area (Å²) in [5.41, 5.74) is 0.0842. The average molecular weight is 446 g/mol. The molecule has 0 unspecified atom stereocenters. The maximum absolute atomic E-state index is 13.4. The van der Waals surface area contributed by atoms with E-state index < -0.39 is 27.4 Å². The van der Waals surface area contributed by atoms with Crippen molar-refractivity contribution in [2.45, 2.75) is 5.75 Å². The van der Waals surface area contributed by atoms with Crippen LogP contribution in [-0.4, -0.2) is 53.9 Å². The first-order chi connectivity index (χ1) is 14.9. The number of hydrogen-bond acceptors (Lipinski definition) is 7. The highest BCUT2D eigenvalue weighted by Gasteiger charge is 2.28. The molecule has 1 aliphatic heterocycles. The number of sulfonamides is 1. The summed E-state index contributed by atoms with van der Waals surface area (Å²) in [6, 6.07) is 10.0. The molecule has 2 aromatic heterocycles. The molecule has 4 rings (SSSR count). The van der Waals surface area contributed by atoms with E-state index in [-0.39, 0.29) is 18.7 Å². The lowest BCUT2D eigenvalue weighted by molar-refractivity contribution is 0.383. The minimum absolute atomic E-state index is 0.0842. The Kier molecular flexibility index (Phi) is 6.05. The molecule has 1 aromatic carbocycles. The van der Waals surface area contributed by atoms with Gasteiger partial charge in [-0.25, -0.2) is 32.2 Å². The van der Waals surface area contributed by atoms with E-state index in [9.17, 15) is 17.2 Å². The van der Waals surface area contributed by atoms with Gasteiger partial charge in [0, 0.05) is 44.5 Å². The van der Waals surface area contributed by atoms with Gasteiger partial charge in [0.05, 0.1) is 5.75 Å². The standard InChI is InChI=1S/C20H20F2N6O2S/c21-16-9-15(10-17(22)11-16)13-31(29,30)28-7-5-27(6-8-28)20-12-19(24-14-25-20)26-18-3-1-2-4-23-18/h1-4,9-12,14H,5-8,13H2,(H,23,24,25,26). The highest BCUT2D eigenvalue weighted by Crippen LogP contribution is 2.21. The number of rotatable bonds is 6. The topological polar surface area (TPSA) is 91.3 Å². The fourth-order valence-corrected chi connectivity index (χ4v) is 4.84. The maximum atomic E-state index is 13.4. The van der Waals surface area contributed by atoms with Crippen LogP contribution in [-0.2, 0) is 15.8 Å². The van der Waals surface area contributed by atoms with Gasteiger partial charge in [-0.05, 0) is 29.8 Å². The van der Waals surface area contributed by atoms with Crippen molar-refractivity contribution < 1.29 is 17.2 Å². The monoisotopic (exact) mass is 446 g/mol. The molecule has 1 fully saturated rings. The van der Waals surface area contributed by atoms with Crippen LogP contribution in [0.15, 0.2) is 55.0 Å². The molecule has 11 heteroatoms. The summed E-state index contributed by atoms with van der Waals surface area (Å²) in [6.45, 7) is 1.34. The quantitative estimate of drug-likeness (QED) is 0.622. The third-order valence-electron chi connectivity index (χ3n) is 4.80. The first kappa shape index (κ1) is 21.1. The fraction of sp³-hybridized carbons (Fsp3) is 0.250. The largest absolute Gasteiger partial charge is 0.354 e. The minimum Gasteiger partial charge on any atom is -0.354 e. The zero-order chi connectivity index (χ0) is 21.8. The fourth-order valence-electron chi connectivity index (χ4n) is 3.35. The van der Waals surface area contributed by atoms with E-state index in [0.717, 1.165) is 12.1 Å². The van der Waals surface area contributed by atoms with Gasteiger partial charge in [0.25, 0.3) is 0 Å². The zero-order valence-corrected chi connectivity index (χ0v) is 17.3. The van der Waals surface area contributed by atoms with Crippen molar-refractivity contribution in [3.63, 3.8) is 0 Å². The van der Waals surface area contributed by atoms with Crippen LogP contribution in [0.3, 0.4) is 0 Å². The minimum atomic E-state index is -3.70. The Bertz CT molecular complexity index is 1140. The highest BCUT2D eigenvalue weighted by molar-refractivity contribution is 7.88. The second kappa shape index (κ2) is 8.90. The molecule has 0 bridgehead atoms. The molecule has 1 aliphatic rings. The first-order valence-corrected chi connectivity index (χ1v) is 11.2. The third kappa shape index (κ3) is 5.30. The molecule has 0 spiro atoms. The van der Waals surface area contributed by atoms with Gasteiger partial charge >= 0.3 is 0 Å². The molecule has 3 aromatic rings. The summed E-state index contributed by atoms with van der Waals surface area (Å²) >= 11 is 0. The van der Waals surface area contributed by atoms with Crippen molar-refractivity contribution in [3.05, 3.63) is 72.2 Å². The Hall–Kier alpha value is -3.18. The number of pyridine rings is 1. The van der Waals surface area contributed by atoms with Crippen LogP contribution in [0.25, 0.3) is 0 Å². The Labute approximate surface area is 178 Å². The third-order valence-corrected chi connectivity index (χ3v) is 6.65. The molecule has 0 aliphatic carbocycles. The molecule has 1 saturated heterocycles. The lowest BCUT2D eigenvalue weighted by Crippen LogP contribution is -2.49. The van der Waals surface area contributed by atoms with Crippen LogP contribution < -0.4 is 10.2 Å². The van der Waals surface area contributed by atoms with Gasteiger partial charge in [0.2, 0.25) is 10.0 Å². The Morgan fingerprint density at radius 3 is 2.32 bits per heavy atom. The molecular weight excluding hydrogens is 426 g/mol. The van der Waals surface area contributed by atoms with E-state index in [2.05, 4.69) is 20.3 Å². The van der Waals surface area contributed by atoms with Gasteiger partial charge in [0.1, 0.15) is 35.4 Å². The number of piperazine rings is 1. The highest BCUT2D eigenvalue weighted by atomic mass is 32.2. The van der Waals surface area contributed by atoms with Crippen molar-refractivity contribution in [1.82, 2.24) is 19.3 Å². The van der Waals surface area contributed by atoms with Crippen LogP contribution in [0.2, 0.25) is 0 Å². The van der Waals surface area contributed by atoms with Gasteiger partial charge in [-0.2, -0.15) is 4.31 Å². The number of hydrogen-bond donors (Lipinski definition) is 1. The van der Waals surface area contributed by atoms with E-state index in [1.54, 1.807) is 12.3 Å². The van der Waals surface area contributed by atoms with E-state index >= 15 is 0 Å². The van der Waals surface area contributed by atoms with E-state index in [1.807, 2.05) is 23.1 Å². The molecule has 31 heavy (non-hydrogen) atoms. The zero-order valence-electron chi connectivity index (χ0n) is 16.4. The Morgan fingerprint density at radius 1 is 0.903 bits per heavy atom. The number of benzene rings is 1. The van der Waals surface area contributed by atoms with Crippen molar-refractivity contribution in [1.29, 1.82) is 0 Å². The summed E-state index contributed by atoms with van der Waals surface area (Å²) in [4.78, 5) is 14.6. The predicted molar refractivity (Wildman–Crippen MR) is 112 cm³/mol. The second-order valence-corrected chi connectivity index (χ2v) is 8.99. The molecular formula is C20H20F2N6O2S. The van der Waals surface area contributed by atoms with Crippen LogP contribution in [0.4, 0.5) is 26.2 Å². The number of halogens is 2. The second-order valence-electron chi connectivity index (χ2n) is 7.02. The SMILES string of the molecule is O=S(=O)(Cc1cc(F)cc(F)c1)N1CCN(c2cc(Nc3ccccn3)ncn2)CC1. The van der Waals surface area contributed by atoms with Crippen molar-refractivity contribution in [3.8, 4) is 0 Å². The van der Waals surface area contributed by atoms with Crippen LogP contribution in [0.5, 0.6) is 0 Å². The van der Waals surface area contributed by atoms with Crippen molar-refractivity contribution >= 4 is 27.5 Å². The molecule has 3 heterocycles. The molecule has 0 amide bonds. The molecule has 0 atom stereocenters. The average Bonchev–Trinajstić information content (AvgIpc) is 2.74. The molecule has 162 valence electrons. The van der Waals surface area contributed by atoms with Crippen LogP contribution in [0, 0.1) is 11.6 Å². The Balaban J connectivity index is 1.39. The number of anilines is 3. The number of nitrogens with zero attached hydrogens (tertiary/aromatic N) is 5. The van der Waals surface area contributed by atoms with E-state index in [4.69, 9.17) is 0 Å². The Morgan fingerprint density at radius 2 is 1.65 bits per heavy atom. The molecule has 0 saturated carbocycles. The lowest BCUT2D eigenvalue weighted by Gasteiger charge is -2.34. The van der Waals surface area contributed by atoms with Gasteiger partial charge in [-0.15, -0.1) is 0 Å². The van der Waals surface area contributed by atoms with Gasteiger partial charge in [-0.1, -0.05) is 6.07 Å². The van der Waals surface area contributed by atoms with Crippen molar-refractivity contribution in [2.75, 3.05) is 36.4 Å². The number of nitrogens with one attached hydrogen (secondary N) is 1. The summed E-state index contributed by atoms with van der Waals surface area (Å²) in [5.74, 6) is -0.156. The van der Waals surface area contributed by atoms with Gasteiger partial charge in [-0.3, -0.25) is 0 Å². The number of aromatic nitrogens is 3. The van der Waals surface area contributed by atoms with Crippen molar-refractivity contribution in [2.24, 2.45) is 0 Å². The smallest absolute Gasteiger partial charge is 0.218 e. The van der Waals surface area contributed by atoms with E-state index in [0.29, 0.717) is 36.6 Å². The molecule has 0 radical (unpaired) electrons. The van der Waals surface area contributed by atoms with Crippen LogP contribution >= 0.6 is 0 Å². The maximum Gasteiger partial charge on any atom is 0.218 e. The lowest BCUT2D eigenvalue weighted by atomic mass is 10.2. The van der Waals surface area contributed by atoms with E-state index in [1.165, 1.54) is 10.6 Å². The molecule has 1 N–H and O–H groups in total. The van der Waals surface area contributed by atoms with Gasteiger partial charge in [0.15, 0.2) is 0 Å². The summed E-state index contributed by atoms with van der Waals surface area (Å²) in [7, 11) is -3.70.